The second-order valence-corrected chi connectivity index (χ2v) is 3.40. The summed E-state index contributed by atoms with van der Waals surface area (Å²) >= 11 is 5.84. The minimum absolute atomic E-state index is 0.317. The zero-order chi connectivity index (χ0) is 9.97. The van der Waals surface area contributed by atoms with Crippen molar-refractivity contribution in [2.24, 2.45) is 0 Å². The van der Waals surface area contributed by atoms with Crippen LogP contribution in [0.3, 0.4) is 0 Å². The van der Waals surface area contributed by atoms with Crippen molar-refractivity contribution in [3.8, 4) is 5.75 Å². The Morgan fingerprint density at radius 3 is 2.71 bits per heavy atom. The average molecular weight is 215 g/mol. The van der Waals surface area contributed by atoms with E-state index in [-0.39, 0.29) is 6.29 Å². The van der Waals surface area contributed by atoms with Crippen molar-refractivity contribution in [1.82, 2.24) is 0 Å². The largest absolute Gasteiger partial charge is 0.496 e. The number of ether oxygens (including phenoxy) is 3. The molecule has 2 rings (SSSR count). The molecule has 0 aliphatic carbocycles. The monoisotopic (exact) mass is 214 g/mol. The molecule has 1 aromatic rings. The lowest BCUT2D eigenvalue weighted by Gasteiger charge is -2.13. The van der Waals surface area contributed by atoms with E-state index in [0.29, 0.717) is 24.0 Å². The van der Waals surface area contributed by atoms with Gasteiger partial charge in [-0.3, -0.25) is 0 Å². The second-order valence-electron chi connectivity index (χ2n) is 2.96. The quantitative estimate of drug-likeness (QED) is 0.757. The third kappa shape index (κ3) is 1.85. The minimum Gasteiger partial charge on any atom is -0.496 e. The highest BCUT2D eigenvalue weighted by atomic mass is 35.5. The van der Waals surface area contributed by atoms with Gasteiger partial charge in [-0.05, 0) is 18.2 Å². The predicted octanol–water partition coefficient (Wildman–Crippen LogP) is 2.39. The molecule has 0 bridgehead atoms. The van der Waals surface area contributed by atoms with E-state index in [1.165, 1.54) is 0 Å². The van der Waals surface area contributed by atoms with Crippen LogP contribution in [0.1, 0.15) is 11.9 Å². The highest BCUT2D eigenvalue weighted by Gasteiger charge is 2.21. The summed E-state index contributed by atoms with van der Waals surface area (Å²) in [5.41, 5.74) is 0.884. The molecule has 3 nitrogen and oxygen atoms in total. The lowest BCUT2D eigenvalue weighted by atomic mass is 10.2. The van der Waals surface area contributed by atoms with Crippen molar-refractivity contribution in [3.05, 3.63) is 28.8 Å². The van der Waals surface area contributed by atoms with Gasteiger partial charge < -0.3 is 14.2 Å². The third-order valence-corrected chi connectivity index (χ3v) is 2.31. The van der Waals surface area contributed by atoms with Gasteiger partial charge in [0.25, 0.3) is 0 Å². The first-order valence-electron chi connectivity index (χ1n) is 4.38. The Morgan fingerprint density at radius 1 is 1.36 bits per heavy atom. The smallest absolute Gasteiger partial charge is 0.187 e. The summed E-state index contributed by atoms with van der Waals surface area (Å²) in [5, 5.41) is 0.642. The Morgan fingerprint density at radius 2 is 2.07 bits per heavy atom. The molecule has 0 unspecified atom stereocenters. The van der Waals surface area contributed by atoms with Crippen LogP contribution in [-0.4, -0.2) is 20.3 Å². The fourth-order valence-electron chi connectivity index (χ4n) is 1.42. The molecule has 1 aliphatic rings. The van der Waals surface area contributed by atoms with Crippen molar-refractivity contribution >= 4 is 11.6 Å². The molecule has 4 heteroatoms. The normalized spacial score (nSPS) is 17.3. The Hall–Kier alpha value is -0.770. The van der Waals surface area contributed by atoms with Gasteiger partial charge in [-0.2, -0.15) is 0 Å². The number of rotatable bonds is 2. The number of methoxy groups -OCH3 is 1. The first-order valence-corrected chi connectivity index (χ1v) is 4.75. The van der Waals surface area contributed by atoms with E-state index in [0.717, 1.165) is 5.56 Å². The summed E-state index contributed by atoms with van der Waals surface area (Å²) in [6.45, 7) is 1.24. The van der Waals surface area contributed by atoms with Crippen molar-refractivity contribution < 1.29 is 14.2 Å². The van der Waals surface area contributed by atoms with Gasteiger partial charge in [0.05, 0.1) is 20.3 Å². The van der Waals surface area contributed by atoms with Crippen LogP contribution >= 0.6 is 11.6 Å². The maximum absolute atomic E-state index is 5.84. The van der Waals surface area contributed by atoms with Crippen molar-refractivity contribution in [1.29, 1.82) is 0 Å². The van der Waals surface area contributed by atoms with E-state index in [4.69, 9.17) is 25.8 Å². The number of hydrogen-bond donors (Lipinski definition) is 0. The number of halogens is 1. The van der Waals surface area contributed by atoms with Crippen molar-refractivity contribution in [2.45, 2.75) is 6.29 Å². The summed E-state index contributed by atoms with van der Waals surface area (Å²) in [4.78, 5) is 0. The summed E-state index contributed by atoms with van der Waals surface area (Å²) in [7, 11) is 1.60. The summed E-state index contributed by atoms with van der Waals surface area (Å²) in [5.74, 6) is 0.699. The van der Waals surface area contributed by atoms with Gasteiger partial charge in [-0.1, -0.05) is 11.6 Å². The zero-order valence-electron chi connectivity index (χ0n) is 7.83. The van der Waals surface area contributed by atoms with Gasteiger partial charge in [0.1, 0.15) is 5.75 Å². The maximum Gasteiger partial charge on any atom is 0.187 e. The highest BCUT2D eigenvalue weighted by Crippen LogP contribution is 2.32. The van der Waals surface area contributed by atoms with Crippen LogP contribution in [0.25, 0.3) is 0 Å². The minimum atomic E-state index is -0.317. The molecular weight excluding hydrogens is 204 g/mol. The average Bonchev–Trinajstić information content (AvgIpc) is 2.70. The Kier molecular flexibility index (Phi) is 2.91. The van der Waals surface area contributed by atoms with Gasteiger partial charge >= 0.3 is 0 Å². The van der Waals surface area contributed by atoms with Gasteiger partial charge in [0.2, 0.25) is 0 Å². The molecule has 0 spiro atoms. The molecule has 0 aromatic heterocycles. The van der Waals surface area contributed by atoms with Crippen LogP contribution in [0.4, 0.5) is 0 Å². The molecule has 0 atom stereocenters. The van der Waals surface area contributed by atoms with Gasteiger partial charge in [-0.25, -0.2) is 0 Å². The van der Waals surface area contributed by atoms with E-state index in [2.05, 4.69) is 0 Å². The van der Waals surface area contributed by atoms with Crippen molar-refractivity contribution in [2.75, 3.05) is 20.3 Å². The molecule has 0 radical (unpaired) electrons. The van der Waals surface area contributed by atoms with Crippen LogP contribution in [-0.2, 0) is 9.47 Å². The number of hydrogen-bond acceptors (Lipinski definition) is 3. The van der Waals surface area contributed by atoms with Crippen LogP contribution in [0.15, 0.2) is 18.2 Å². The first kappa shape index (κ1) is 9.77. The molecular formula is C10H11ClO3. The van der Waals surface area contributed by atoms with Crippen molar-refractivity contribution in [3.63, 3.8) is 0 Å². The van der Waals surface area contributed by atoms with Gasteiger partial charge in [0.15, 0.2) is 6.29 Å². The molecule has 1 heterocycles. The zero-order valence-corrected chi connectivity index (χ0v) is 8.58. The molecule has 76 valence electrons. The predicted molar refractivity (Wildman–Crippen MR) is 52.6 cm³/mol. The fraction of sp³-hybridized carbons (Fsp3) is 0.400. The molecule has 1 fully saturated rings. The van der Waals surface area contributed by atoms with E-state index in [1.807, 2.05) is 6.07 Å². The first-order chi connectivity index (χ1) is 6.81. The Balaban J connectivity index is 2.31. The van der Waals surface area contributed by atoms with E-state index < -0.39 is 0 Å². The lowest BCUT2D eigenvalue weighted by molar-refractivity contribution is -0.0454. The van der Waals surface area contributed by atoms with E-state index in [1.54, 1.807) is 19.2 Å². The molecule has 0 amide bonds. The maximum atomic E-state index is 5.84. The standard InChI is InChI=1S/C10H11ClO3/c1-12-9-6-7(11)2-3-8(9)10-13-4-5-14-10/h2-3,6,10H,4-5H2,1H3. The van der Waals surface area contributed by atoms with E-state index in [9.17, 15) is 0 Å². The lowest BCUT2D eigenvalue weighted by Crippen LogP contribution is -2.01. The highest BCUT2D eigenvalue weighted by molar-refractivity contribution is 6.30. The molecule has 0 N–H and O–H groups in total. The summed E-state index contributed by atoms with van der Waals surface area (Å²) < 4.78 is 15.9. The second kappa shape index (κ2) is 4.17. The SMILES string of the molecule is COc1cc(Cl)ccc1C1OCCO1. The molecule has 1 aromatic carbocycles. The molecule has 1 saturated heterocycles. The molecule has 14 heavy (non-hydrogen) atoms. The summed E-state index contributed by atoms with van der Waals surface area (Å²) in [6, 6.07) is 5.41. The molecule has 1 aliphatic heterocycles. The summed E-state index contributed by atoms with van der Waals surface area (Å²) in [6.07, 6.45) is -0.317. The topological polar surface area (TPSA) is 27.7 Å². The van der Waals surface area contributed by atoms with E-state index >= 15 is 0 Å². The van der Waals surface area contributed by atoms with Gasteiger partial charge in [-0.15, -0.1) is 0 Å². The fourth-order valence-corrected chi connectivity index (χ4v) is 1.58. The third-order valence-electron chi connectivity index (χ3n) is 2.07. The van der Waals surface area contributed by atoms with Gasteiger partial charge in [0, 0.05) is 10.6 Å². The van der Waals surface area contributed by atoms with Crippen LogP contribution in [0.5, 0.6) is 5.75 Å². The van der Waals surface area contributed by atoms with Crippen LogP contribution < -0.4 is 4.74 Å². The Bertz CT molecular complexity index is 321. The van der Waals surface area contributed by atoms with Crippen LogP contribution in [0.2, 0.25) is 5.02 Å². The van der Waals surface area contributed by atoms with Crippen LogP contribution in [0, 0.1) is 0 Å². The Labute approximate surface area is 87.5 Å². The number of benzene rings is 1. The molecule has 0 saturated carbocycles.